The van der Waals surface area contributed by atoms with Crippen molar-refractivity contribution in [3.05, 3.63) is 69.8 Å². The van der Waals surface area contributed by atoms with Crippen LogP contribution in [0.5, 0.6) is 11.5 Å². The molecule has 0 aliphatic carbocycles. The number of ether oxygens (including phenoxy) is 3. The number of hydrogen-bond acceptors (Lipinski definition) is 7. The molecule has 0 spiro atoms. The molecule has 0 fully saturated rings. The monoisotopic (exact) mass is 551 g/mol. The Balaban J connectivity index is 1.61. The minimum absolute atomic E-state index is 0.00549. The third kappa shape index (κ3) is 8.43. The van der Waals surface area contributed by atoms with Gasteiger partial charge in [0.25, 0.3) is 0 Å². The summed E-state index contributed by atoms with van der Waals surface area (Å²) < 4.78 is 16.7. The Hall–Kier alpha value is -4.14. The lowest BCUT2D eigenvalue weighted by Crippen LogP contribution is -2.22. The van der Waals surface area contributed by atoms with Gasteiger partial charge in [0, 0.05) is 36.9 Å². The zero-order valence-electron chi connectivity index (χ0n) is 23.3. The van der Waals surface area contributed by atoms with Gasteiger partial charge in [0.15, 0.2) is 5.75 Å². The fourth-order valence-corrected chi connectivity index (χ4v) is 4.59. The molecule has 9 heteroatoms. The first kappa shape index (κ1) is 30.4. The molecule has 0 unspecified atom stereocenters. The Morgan fingerprint density at radius 1 is 1.02 bits per heavy atom. The number of esters is 2. The average Bonchev–Trinajstić information content (AvgIpc) is 3.33. The standard InChI is InChI=1S/C31H37NO8/c1-20(15-17-26(34)35)14-16-23-29(38-3)21(2)24-19-39-31(37)28(24)30(23)40-27(36)13-9-5-8-12-25(33)32-18-22-10-6-4-7-11-22/h4,6-7,10-11,14H,5,8-9,12-13,15-19H2,1-3H3,(H,32,33)(H,34,35). The molecule has 9 nitrogen and oxygen atoms in total. The number of aliphatic carboxylic acids is 1. The zero-order chi connectivity index (χ0) is 29.1. The SMILES string of the molecule is COc1c(C)c2c(c(OC(=O)CCCCCC(=O)NCc3ccccc3)c1CC=C(C)CCC(=O)O)C(=O)OC2. The van der Waals surface area contributed by atoms with Gasteiger partial charge in [-0.1, -0.05) is 48.4 Å². The summed E-state index contributed by atoms with van der Waals surface area (Å²) in [6.07, 6.45) is 4.86. The van der Waals surface area contributed by atoms with Crippen molar-refractivity contribution >= 4 is 23.8 Å². The van der Waals surface area contributed by atoms with E-state index in [0.717, 1.165) is 16.7 Å². The number of carbonyl (C=O) groups is 4. The minimum Gasteiger partial charge on any atom is -0.496 e. The quantitative estimate of drug-likeness (QED) is 0.134. The third-order valence-electron chi connectivity index (χ3n) is 6.85. The normalized spacial score (nSPS) is 12.5. The number of benzene rings is 2. The number of nitrogens with one attached hydrogen (secondary N) is 1. The van der Waals surface area contributed by atoms with Crippen LogP contribution in [0.2, 0.25) is 0 Å². The van der Waals surface area contributed by atoms with Crippen LogP contribution in [0.15, 0.2) is 42.0 Å². The lowest BCUT2D eigenvalue weighted by molar-refractivity contribution is -0.137. The summed E-state index contributed by atoms with van der Waals surface area (Å²) in [6.45, 7) is 4.21. The van der Waals surface area contributed by atoms with Crippen molar-refractivity contribution in [1.29, 1.82) is 0 Å². The van der Waals surface area contributed by atoms with Crippen molar-refractivity contribution in [3.63, 3.8) is 0 Å². The molecule has 1 aliphatic rings. The van der Waals surface area contributed by atoms with E-state index in [4.69, 9.17) is 19.3 Å². The van der Waals surface area contributed by atoms with Gasteiger partial charge in [-0.25, -0.2) is 4.79 Å². The second-order valence-corrected chi connectivity index (χ2v) is 9.84. The smallest absolute Gasteiger partial charge is 0.342 e. The summed E-state index contributed by atoms with van der Waals surface area (Å²) in [4.78, 5) is 48.5. The van der Waals surface area contributed by atoms with E-state index >= 15 is 0 Å². The molecular weight excluding hydrogens is 514 g/mol. The van der Waals surface area contributed by atoms with Crippen molar-refractivity contribution < 1.29 is 38.5 Å². The molecule has 0 atom stereocenters. The number of carboxylic acid groups (broad SMARTS) is 1. The molecule has 2 aromatic rings. The zero-order valence-corrected chi connectivity index (χ0v) is 23.3. The van der Waals surface area contributed by atoms with Crippen LogP contribution in [-0.2, 0) is 38.7 Å². The van der Waals surface area contributed by atoms with Crippen molar-refractivity contribution in [1.82, 2.24) is 5.32 Å². The van der Waals surface area contributed by atoms with Gasteiger partial charge in [0.05, 0.1) is 7.11 Å². The maximum Gasteiger partial charge on any atom is 0.342 e. The molecule has 40 heavy (non-hydrogen) atoms. The number of carboxylic acids is 1. The molecule has 2 N–H and O–H groups in total. The molecule has 0 saturated heterocycles. The minimum atomic E-state index is -0.885. The van der Waals surface area contributed by atoms with E-state index in [-0.39, 0.29) is 43.1 Å². The molecular formula is C31H37NO8. The Labute approximate surface area is 234 Å². The highest BCUT2D eigenvalue weighted by Gasteiger charge is 2.34. The second-order valence-electron chi connectivity index (χ2n) is 9.84. The van der Waals surface area contributed by atoms with Crippen LogP contribution in [0.1, 0.15) is 84.5 Å². The summed E-state index contributed by atoms with van der Waals surface area (Å²) in [5.41, 5.74) is 4.02. The summed E-state index contributed by atoms with van der Waals surface area (Å²) in [7, 11) is 1.51. The highest BCUT2D eigenvalue weighted by molar-refractivity contribution is 5.99. The highest BCUT2D eigenvalue weighted by Crippen LogP contribution is 2.43. The fraction of sp³-hybridized carbons (Fsp3) is 0.419. The molecule has 3 rings (SSSR count). The first-order chi connectivity index (χ1) is 19.2. The van der Waals surface area contributed by atoms with Crippen LogP contribution in [-0.4, -0.2) is 36.0 Å². The maximum absolute atomic E-state index is 12.9. The number of unbranched alkanes of at least 4 members (excludes halogenated alkanes) is 2. The number of allylic oxidation sites excluding steroid dienone is 2. The molecule has 0 aromatic heterocycles. The number of cyclic esters (lactones) is 1. The summed E-state index contributed by atoms with van der Waals surface area (Å²) in [5.74, 6) is -1.34. The van der Waals surface area contributed by atoms with E-state index in [1.165, 1.54) is 7.11 Å². The largest absolute Gasteiger partial charge is 0.496 e. The van der Waals surface area contributed by atoms with Gasteiger partial charge in [-0.3, -0.25) is 14.4 Å². The molecule has 2 aromatic carbocycles. The molecule has 0 bridgehead atoms. The fourth-order valence-electron chi connectivity index (χ4n) is 4.59. The molecule has 0 saturated carbocycles. The maximum atomic E-state index is 12.9. The topological polar surface area (TPSA) is 128 Å². The van der Waals surface area contributed by atoms with Gasteiger partial charge in [0.2, 0.25) is 5.91 Å². The lowest BCUT2D eigenvalue weighted by Gasteiger charge is -2.19. The number of hydrogen-bond donors (Lipinski definition) is 2. The van der Waals surface area contributed by atoms with Gasteiger partial charge >= 0.3 is 17.9 Å². The molecule has 214 valence electrons. The molecule has 0 radical (unpaired) electrons. The summed E-state index contributed by atoms with van der Waals surface area (Å²) in [6, 6.07) is 9.68. The van der Waals surface area contributed by atoms with Crippen molar-refractivity contribution in [2.75, 3.05) is 7.11 Å². The number of fused-ring (bicyclic) bond motifs is 1. The van der Waals surface area contributed by atoms with Crippen molar-refractivity contribution in [2.24, 2.45) is 0 Å². The van der Waals surface area contributed by atoms with Gasteiger partial charge in [0.1, 0.15) is 17.9 Å². The number of methoxy groups -OCH3 is 1. The Morgan fingerprint density at radius 3 is 2.45 bits per heavy atom. The number of carbonyl (C=O) groups excluding carboxylic acids is 3. The van der Waals surface area contributed by atoms with Crippen LogP contribution in [0.4, 0.5) is 0 Å². The number of amides is 1. The van der Waals surface area contributed by atoms with E-state index in [1.807, 2.05) is 50.3 Å². The first-order valence-corrected chi connectivity index (χ1v) is 13.5. The van der Waals surface area contributed by atoms with E-state index in [2.05, 4.69) is 5.32 Å². The predicted octanol–water partition coefficient (Wildman–Crippen LogP) is 5.20. The van der Waals surface area contributed by atoms with E-state index in [0.29, 0.717) is 55.5 Å². The van der Waals surface area contributed by atoms with Crippen LogP contribution in [0.3, 0.4) is 0 Å². The highest BCUT2D eigenvalue weighted by atomic mass is 16.6. The van der Waals surface area contributed by atoms with Crippen LogP contribution in [0, 0.1) is 6.92 Å². The molecule has 1 heterocycles. The van der Waals surface area contributed by atoms with E-state index in [9.17, 15) is 19.2 Å². The van der Waals surface area contributed by atoms with Gasteiger partial charge in [-0.2, -0.15) is 0 Å². The first-order valence-electron chi connectivity index (χ1n) is 13.5. The van der Waals surface area contributed by atoms with E-state index < -0.39 is 17.9 Å². The Morgan fingerprint density at radius 2 is 1.75 bits per heavy atom. The Bertz CT molecular complexity index is 1270. The lowest BCUT2D eigenvalue weighted by atomic mass is 9.94. The Kier molecular flexibility index (Phi) is 11.3. The molecule has 1 amide bonds. The number of rotatable bonds is 15. The van der Waals surface area contributed by atoms with Gasteiger partial charge in [-0.05, 0) is 50.7 Å². The van der Waals surface area contributed by atoms with Gasteiger partial charge in [-0.15, -0.1) is 0 Å². The van der Waals surface area contributed by atoms with Crippen molar-refractivity contribution in [3.8, 4) is 11.5 Å². The average molecular weight is 552 g/mol. The van der Waals surface area contributed by atoms with Crippen molar-refractivity contribution in [2.45, 2.75) is 78.4 Å². The summed E-state index contributed by atoms with van der Waals surface area (Å²) >= 11 is 0. The van der Waals surface area contributed by atoms with Crippen LogP contribution < -0.4 is 14.8 Å². The van der Waals surface area contributed by atoms with Gasteiger partial charge < -0.3 is 24.6 Å². The summed E-state index contributed by atoms with van der Waals surface area (Å²) in [5, 5.41) is 11.9. The molecule has 1 aliphatic heterocycles. The van der Waals surface area contributed by atoms with Crippen LogP contribution >= 0.6 is 0 Å². The van der Waals surface area contributed by atoms with E-state index in [1.54, 1.807) is 0 Å². The third-order valence-corrected chi connectivity index (χ3v) is 6.85. The second kappa shape index (κ2) is 14.9. The van der Waals surface area contributed by atoms with Crippen LogP contribution in [0.25, 0.3) is 0 Å². The predicted molar refractivity (Wildman–Crippen MR) is 148 cm³/mol.